The number of hydrogen-bond donors (Lipinski definition) is 2. The zero-order valence-corrected chi connectivity index (χ0v) is 20.9. The summed E-state index contributed by atoms with van der Waals surface area (Å²) in [5, 5.41) is 4.27. The van der Waals surface area contributed by atoms with E-state index in [1.165, 1.54) is 27.7 Å². The Morgan fingerprint density at radius 3 is 2.69 bits per heavy atom. The number of fused-ring (bicyclic) bond motifs is 4. The average Bonchev–Trinajstić information content (AvgIpc) is 3.53. The lowest BCUT2D eigenvalue weighted by Crippen LogP contribution is -2.14. The minimum atomic E-state index is -0.0333. The van der Waals surface area contributed by atoms with Gasteiger partial charge in [0.15, 0.2) is 5.82 Å². The Morgan fingerprint density at radius 1 is 1.11 bits per heavy atom. The van der Waals surface area contributed by atoms with Crippen molar-refractivity contribution in [1.82, 2.24) is 19.1 Å². The zero-order valence-electron chi connectivity index (χ0n) is 20.9. The molecule has 6 rings (SSSR count). The molecule has 3 N–H and O–H groups in total. The smallest absolute Gasteiger partial charge is 0.228 e. The van der Waals surface area contributed by atoms with Crippen LogP contribution in [0.5, 0.6) is 0 Å². The number of nitrogens with zero attached hydrogens (tertiary/aromatic N) is 4. The highest BCUT2D eigenvalue weighted by atomic mass is 16.1. The van der Waals surface area contributed by atoms with Gasteiger partial charge in [-0.1, -0.05) is 19.9 Å². The molecular weight excluding hydrogens is 448 g/mol. The van der Waals surface area contributed by atoms with E-state index in [-0.39, 0.29) is 5.91 Å². The van der Waals surface area contributed by atoms with Gasteiger partial charge in [-0.15, -0.1) is 0 Å². The van der Waals surface area contributed by atoms with Crippen molar-refractivity contribution in [1.29, 1.82) is 0 Å². The molecule has 0 fully saturated rings. The normalized spacial score (nSPS) is 13.1. The Morgan fingerprint density at radius 2 is 1.92 bits per heavy atom. The minimum absolute atomic E-state index is 0.0333. The Hall–Kier alpha value is -4.13. The fourth-order valence-electron chi connectivity index (χ4n) is 5.61. The number of benzene rings is 2. The van der Waals surface area contributed by atoms with Crippen molar-refractivity contribution >= 4 is 39.3 Å². The van der Waals surface area contributed by atoms with Crippen molar-refractivity contribution in [3.8, 4) is 5.69 Å². The molecule has 1 amide bonds. The molecule has 0 atom stereocenters. The highest BCUT2D eigenvalue weighted by molar-refractivity contribution is 5.94. The van der Waals surface area contributed by atoms with Gasteiger partial charge in [-0.25, -0.2) is 9.97 Å². The molecule has 5 aromatic rings. The lowest BCUT2D eigenvalue weighted by atomic mass is 10.0. The maximum Gasteiger partial charge on any atom is 0.228 e. The molecule has 0 unspecified atom stereocenters. The minimum Gasteiger partial charge on any atom is -0.382 e. The third kappa shape index (κ3) is 3.63. The summed E-state index contributed by atoms with van der Waals surface area (Å²) < 4.78 is 4.33. The molecule has 3 aromatic heterocycles. The molecule has 3 heterocycles. The molecule has 7 nitrogen and oxygen atoms in total. The van der Waals surface area contributed by atoms with Gasteiger partial charge in [0.2, 0.25) is 5.91 Å². The van der Waals surface area contributed by atoms with E-state index < -0.39 is 0 Å². The SMILES string of the molecule is CC(C)c1cn(C)c2ccc(CC(=O)Nc3ccc(-n4c5c(c6ncnc(N)c64)CCC5)cc3)cc12. The van der Waals surface area contributed by atoms with E-state index in [0.29, 0.717) is 18.2 Å². The number of carbonyl (C=O) groups is 1. The van der Waals surface area contributed by atoms with Gasteiger partial charge in [-0.3, -0.25) is 4.79 Å². The van der Waals surface area contributed by atoms with Gasteiger partial charge in [0, 0.05) is 41.2 Å². The molecule has 0 bridgehead atoms. The number of nitrogens with one attached hydrogen (secondary N) is 1. The van der Waals surface area contributed by atoms with Crippen LogP contribution in [0.1, 0.15) is 48.6 Å². The summed E-state index contributed by atoms with van der Waals surface area (Å²) in [5.74, 6) is 0.883. The standard InChI is InChI=1S/C29H30N6O/c1-17(2)23-15-34(3)24-12-7-18(13-22(23)24)14-26(36)33-19-8-10-20(11-9-19)35-25-6-4-5-21(25)27-28(35)29(30)32-16-31-27/h7-13,15-17H,4-6,14H2,1-3H3,(H,33,36)(H2,30,31,32). The fourth-order valence-corrected chi connectivity index (χ4v) is 5.61. The lowest BCUT2D eigenvalue weighted by molar-refractivity contribution is -0.115. The average molecular weight is 479 g/mol. The number of nitrogen functional groups attached to an aromatic ring is 1. The van der Waals surface area contributed by atoms with E-state index >= 15 is 0 Å². The maximum atomic E-state index is 12.9. The van der Waals surface area contributed by atoms with Crippen molar-refractivity contribution in [2.24, 2.45) is 7.05 Å². The first kappa shape index (κ1) is 22.3. The van der Waals surface area contributed by atoms with Gasteiger partial charge in [0.05, 0.1) is 11.9 Å². The summed E-state index contributed by atoms with van der Waals surface area (Å²) in [4.78, 5) is 21.6. The van der Waals surface area contributed by atoms with E-state index in [9.17, 15) is 4.79 Å². The molecule has 0 aliphatic heterocycles. The summed E-state index contributed by atoms with van der Waals surface area (Å²) in [6, 6.07) is 14.2. The molecule has 0 radical (unpaired) electrons. The number of hydrogen-bond acceptors (Lipinski definition) is 4. The van der Waals surface area contributed by atoms with Gasteiger partial charge < -0.3 is 20.2 Å². The lowest BCUT2D eigenvalue weighted by Gasteiger charge is -2.12. The molecular formula is C29H30N6O. The van der Waals surface area contributed by atoms with E-state index in [2.05, 4.69) is 63.6 Å². The monoisotopic (exact) mass is 478 g/mol. The highest BCUT2D eigenvalue weighted by Gasteiger charge is 2.25. The van der Waals surface area contributed by atoms with Crippen LogP contribution < -0.4 is 11.1 Å². The molecule has 0 spiro atoms. The molecule has 0 saturated carbocycles. The summed E-state index contributed by atoms with van der Waals surface area (Å²) in [7, 11) is 2.07. The molecule has 0 saturated heterocycles. The third-order valence-corrected chi connectivity index (χ3v) is 7.30. The number of amides is 1. The van der Waals surface area contributed by atoms with E-state index in [1.54, 1.807) is 6.33 Å². The second-order valence-corrected chi connectivity index (χ2v) is 10.0. The Labute approximate surface area is 210 Å². The van der Waals surface area contributed by atoms with Gasteiger partial charge >= 0.3 is 0 Å². The van der Waals surface area contributed by atoms with E-state index in [4.69, 9.17) is 5.73 Å². The predicted molar refractivity (Wildman–Crippen MR) is 145 cm³/mol. The van der Waals surface area contributed by atoms with Crippen LogP contribution in [0, 0.1) is 0 Å². The molecule has 182 valence electrons. The zero-order chi connectivity index (χ0) is 25.0. The van der Waals surface area contributed by atoms with Crippen LogP contribution in [-0.4, -0.2) is 25.0 Å². The quantitative estimate of drug-likeness (QED) is 0.359. The third-order valence-electron chi connectivity index (χ3n) is 7.30. The maximum absolute atomic E-state index is 12.9. The second-order valence-electron chi connectivity index (χ2n) is 10.0. The van der Waals surface area contributed by atoms with Crippen molar-refractivity contribution in [3.05, 3.63) is 77.4 Å². The number of aromatic nitrogens is 4. The number of aryl methyl sites for hydroxylation is 2. The fraction of sp³-hybridized carbons (Fsp3) is 0.276. The summed E-state index contributed by atoms with van der Waals surface area (Å²) in [5.41, 5.74) is 15.9. The van der Waals surface area contributed by atoms with E-state index in [1.807, 2.05) is 30.3 Å². The van der Waals surface area contributed by atoms with Gasteiger partial charge in [0.25, 0.3) is 0 Å². The molecule has 1 aliphatic carbocycles. The van der Waals surface area contributed by atoms with Crippen molar-refractivity contribution in [2.75, 3.05) is 11.1 Å². The van der Waals surface area contributed by atoms with Crippen molar-refractivity contribution < 1.29 is 4.79 Å². The topological polar surface area (TPSA) is 90.8 Å². The van der Waals surface area contributed by atoms with Gasteiger partial charge in [-0.05, 0) is 78.3 Å². The summed E-state index contributed by atoms with van der Waals surface area (Å²) >= 11 is 0. The van der Waals surface area contributed by atoms with E-state index in [0.717, 1.165) is 47.2 Å². The van der Waals surface area contributed by atoms with Crippen molar-refractivity contribution in [2.45, 2.75) is 45.4 Å². The number of nitrogens with two attached hydrogens (primary N) is 1. The first-order valence-corrected chi connectivity index (χ1v) is 12.5. The van der Waals surface area contributed by atoms with Crippen LogP contribution in [0.15, 0.2) is 55.0 Å². The second kappa shape index (κ2) is 8.52. The van der Waals surface area contributed by atoms with Crippen LogP contribution in [0.2, 0.25) is 0 Å². The van der Waals surface area contributed by atoms with Gasteiger partial charge in [-0.2, -0.15) is 0 Å². The van der Waals surface area contributed by atoms with Crippen LogP contribution in [0.4, 0.5) is 11.5 Å². The number of anilines is 2. The summed E-state index contributed by atoms with van der Waals surface area (Å²) in [6.07, 6.45) is 7.17. The van der Waals surface area contributed by atoms with Crippen LogP contribution >= 0.6 is 0 Å². The first-order valence-electron chi connectivity index (χ1n) is 12.5. The molecule has 36 heavy (non-hydrogen) atoms. The Kier molecular flexibility index (Phi) is 5.29. The number of rotatable bonds is 5. The number of carbonyl (C=O) groups excluding carboxylic acids is 1. The van der Waals surface area contributed by atoms with Crippen LogP contribution in [0.3, 0.4) is 0 Å². The Balaban J connectivity index is 1.24. The van der Waals surface area contributed by atoms with Crippen LogP contribution in [0.25, 0.3) is 27.6 Å². The predicted octanol–water partition coefficient (Wildman–Crippen LogP) is 5.29. The van der Waals surface area contributed by atoms with Crippen LogP contribution in [-0.2, 0) is 31.1 Å². The van der Waals surface area contributed by atoms with Crippen molar-refractivity contribution in [3.63, 3.8) is 0 Å². The molecule has 7 heteroatoms. The Bertz CT molecular complexity index is 1620. The summed E-state index contributed by atoms with van der Waals surface area (Å²) in [6.45, 7) is 4.40. The molecule has 1 aliphatic rings. The van der Waals surface area contributed by atoms with Gasteiger partial charge in [0.1, 0.15) is 11.8 Å². The first-order chi connectivity index (χ1) is 17.4. The molecule has 2 aromatic carbocycles. The largest absolute Gasteiger partial charge is 0.382 e. The highest BCUT2D eigenvalue weighted by Crippen LogP contribution is 2.36.